The van der Waals surface area contributed by atoms with Gasteiger partial charge in [-0.3, -0.25) is 9.59 Å². The van der Waals surface area contributed by atoms with Crippen molar-refractivity contribution in [3.8, 4) is 5.75 Å². The number of carboxylic acids is 2. The van der Waals surface area contributed by atoms with Crippen LogP contribution in [0.5, 0.6) is 5.75 Å². The fraction of sp³-hybridized carbons (Fsp3) is 0.167. The normalized spacial score (nSPS) is 11.1. The number of carbonyl (C=O) groups is 2. The number of hydrogen-bond donors (Lipinski definition) is 2. The van der Waals surface area contributed by atoms with Gasteiger partial charge in [0.2, 0.25) is 0 Å². The zero-order valence-electron chi connectivity index (χ0n) is 9.30. The molecule has 0 aliphatic heterocycles. The van der Waals surface area contributed by atoms with Gasteiger partial charge in [0.1, 0.15) is 23.7 Å². The molecule has 1 aromatic carbocycles. The van der Waals surface area contributed by atoms with Crippen LogP contribution in [0.4, 0.5) is 4.39 Å². The molecule has 0 aromatic heterocycles. The van der Waals surface area contributed by atoms with E-state index in [2.05, 4.69) is 0 Å². The lowest BCUT2D eigenvalue weighted by Crippen LogP contribution is -2.05. The molecule has 0 radical (unpaired) electrons. The van der Waals surface area contributed by atoms with Gasteiger partial charge >= 0.3 is 11.9 Å². The Bertz CT molecular complexity index is 464. The zero-order valence-corrected chi connectivity index (χ0v) is 9.30. The minimum absolute atomic E-state index is 0.00323. The van der Waals surface area contributed by atoms with Gasteiger partial charge in [0.25, 0.3) is 0 Å². The Balaban J connectivity index is 2.77. The first-order valence-electron chi connectivity index (χ1n) is 5.03. The Morgan fingerprint density at radius 1 is 1.17 bits per heavy atom. The molecule has 0 unspecified atom stereocenters. The summed E-state index contributed by atoms with van der Waals surface area (Å²) in [6.07, 6.45) is 0.383. The molecular formula is C12H11FO5. The number of halogens is 1. The average molecular weight is 254 g/mol. The third-order valence-electron chi connectivity index (χ3n) is 1.89. The van der Waals surface area contributed by atoms with Crippen LogP contribution in [0.3, 0.4) is 0 Å². The first-order chi connectivity index (χ1) is 8.47. The van der Waals surface area contributed by atoms with Gasteiger partial charge in [-0.2, -0.15) is 0 Å². The largest absolute Gasteiger partial charge is 0.481 e. The minimum atomic E-state index is -1.14. The van der Waals surface area contributed by atoms with Crippen LogP contribution in [0.15, 0.2) is 36.1 Å². The van der Waals surface area contributed by atoms with Crippen LogP contribution in [0.2, 0.25) is 0 Å². The number of rotatable bonds is 6. The topological polar surface area (TPSA) is 83.8 Å². The summed E-state index contributed by atoms with van der Waals surface area (Å²) >= 11 is 0. The maximum absolute atomic E-state index is 12.6. The van der Waals surface area contributed by atoms with Crippen LogP contribution < -0.4 is 4.74 Å². The molecule has 0 bridgehead atoms. The molecule has 0 aliphatic carbocycles. The second-order valence-electron chi connectivity index (χ2n) is 3.39. The summed E-state index contributed by atoms with van der Waals surface area (Å²) in [6, 6.07) is 4.97. The molecule has 0 fully saturated rings. The number of benzene rings is 1. The van der Waals surface area contributed by atoms with Gasteiger partial charge in [-0.05, 0) is 30.3 Å². The van der Waals surface area contributed by atoms with E-state index in [1.165, 1.54) is 18.2 Å². The highest BCUT2D eigenvalue weighted by Crippen LogP contribution is 2.16. The fourth-order valence-electron chi connectivity index (χ4n) is 1.15. The number of hydrogen-bond acceptors (Lipinski definition) is 3. The van der Waals surface area contributed by atoms with E-state index in [9.17, 15) is 14.0 Å². The molecule has 2 N–H and O–H groups in total. The van der Waals surface area contributed by atoms with Crippen LogP contribution in [0, 0.1) is 5.82 Å². The quantitative estimate of drug-likeness (QED) is 0.759. The van der Waals surface area contributed by atoms with Gasteiger partial charge < -0.3 is 14.9 Å². The van der Waals surface area contributed by atoms with E-state index in [-0.39, 0.29) is 17.9 Å². The molecule has 1 rings (SSSR count). The van der Waals surface area contributed by atoms with Crippen LogP contribution in [-0.2, 0) is 9.59 Å². The molecule has 1 aromatic rings. The first-order valence-corrected chi connectivity index (χ1v) is 5.03. The zero-order chi connectivity index (χ0) is 13.5. The third-order valence-corrected chi connectivity index (χ3v) is 1.89. The predicted molar refractivity (Wildman–Crippen MR) is 59.6 cm³/mol. The highest BCUT2D eigenvalue weighted by Gasteiger charge is 2.08. The summed E-state index contributed by atoms with van der Waals surface area (Å²) in [5.74, 6) is -2.45. The molecule has 0 saturated heterocycles. The number of ether oxygens (including phenoxy) is 1. The van der Waals surface area contributed by atoms with E-state index < -0.39 is 24.2 Å². The summed E-state index contributed by atoms with van der Waals surface area (Å²) in [5, 5.41) is 17.1. The van der Waals surface area contributed by atoms with Gasteiger partial charge in [-0.1, -0.05) is 0 Å². The average Bonchev–Trinajstić information content (AvgIpc) is 2.28. The summed E-state index contributed by atoms with van der Waals surface area (Å²) in [7, 11) is 0. The van der Waals surface area contributed by atoms with Crippen molar-refractivity contribution in [3.05, 3.63) is 41.9 Å². The van der Waals surface area contributed by atoms with Gasteiger partial charge in [0.05, 0.1) is 6.42 Å². The molecule has 0 saturated carbocycles. The third kappa shape index (κ3) is 5.11. The van der Waals surface area contributed by atoms with Crippen LogP contribution >= 0.6 is 0 Å². The number of carboxylic acid groups (broad SMARTS) is 2. The Morgan fingerprint density at radius 2 is 1.78 bits per heavy atom. The van der Waals surface area contributed by atoms with E-state index in [1.807, 2.05) is 0 Å². The highest BCUT2D eigenvalue weighted by molar-refractivity contribution is 5.71. The minimum Gasteiger partial charge on any atom is -0.481 e. The van der Waals surface area contributed by atoms with Gasteiger partial charge in [-0.25, -0.2) is 4.39 Å². The predicted octanol–water partition coefficient (Wildman–Crippen LogP) is 2.04. The Kier molecular flexibility index (Phi) is 4.86. The standard InChI is InChI=1S/C12H11FO5/c13-8-1-3-9(4-2-8)18-10(7-12(16)17)5-6-11(14)15/h1-5H,6-7H2,(H,14,15)(H,16,17). The van der Waals surface area contributed by atoms with E-state index in [0.717, 1.165) is 12.1 Å². The Morgan fingerprint density at radius 3 is 2.28 bits per heavy atom. The lowest BCUT2D eigenvalue weighted by atomic mass is 10.2. The SMILES string of the molecule is O=C(O)CC=C(CC(=O)O)Oc1ccc(F)cc1. The van der Waals surface area contributed by atoms with Crippen LogP contribution in [0.25, 0.3) is 0 Å². The van der Waals surface area contributed by atoms with E-state index in [0.29, 0.717) is 0 Å². The molecule has 0 atom stereocenters. The van der Waals surface area contributed by atoms with Gasteiger partial charge in [-0.15, -0.1) is 0 Å². The van der Waals surface area contributed by atoms with Crippen molar-refractivity contribution in [1.82, 2.24) is 0 Å². The van der Waals surface area contributed by atoms with Gasteiger partial charge in [0.15, 0.2) is 0 Å². The number of aliphatic carboxylic acids is 2. The maximum Gasteiger partial charge on any atom is 0.311 e. The Labute approximate surface area is 102 Å². The highest BCUT2D eigenvalue weighted by atomic mass is 19.1. The van der Waals surface area contributed by atoms with E-state index in [1.54, 1.807) is 0 Å². The summed E-state index contributed by atoms with van der Waals surface area (Å²) in [4.78, 5) is 21.0. The van der Waals surface area contributed by atoms with Gasteiger partial charge in [0, 0.05) is 0 Å². The molecule has 18 heavy (non-hydrogen) atoms. The fourth-order valence-corrected chi connectivity index (χ4v) is 1.15. The lowest BCUT2D eigenvalue weighted by Gasteiger charge is -2.08. The molecule has 0 amide bonds. The first kappa shape index (κ1) is 13.7. The summed E-state index contributed by atoms with van der Waals surface area (Å²) in [6.45, 7) is 0. The molecule has 0 heterocycles. The summed E-state index contributed by atoms with van der Waals surface area (Å²) in [5.41, 5.74) is 0. The maximum atomic E-state index is 12.6. The van der Waals surface area contributed by atoms with E-state index >= 15 is 0 Å². The molecule has 5 nitrogen and oxygen atoms in total. The van der Waals surface area contributed by atoms with Crippen molar-refractivity contribution >= 4 is 11.9 Å². The van der Waals surface area contributed by atoms with Crippen LogP contribution in [-0.4, -0.2) is 22.2 Å². The van der Waals surface area contributed by atoms with E-state index in [4.69, 9.17) is 14.9 Å². The Hall–Kier alpha value is -2.37. The lowest BCUT2D eigenvalue weighted by molar-refractivity contribution is -0.137. The molecular weight excluding hydrogens is 243 g/mol. The van der Waals surface area contributed by atoms with Crippen molar-refractivity contribution in [1.29, 1.82) is 0 Å². The van der Waals surface area contributed by atoms with Crippen LogP contribution in [0.1, 0.15) is 12.8 Å². The molecule has 6 heteroatoms. The van der Waals surface area contributed by atoms with Crippen molar-refractivity contribution in [2.24, 2.45) is 0 Å². The van der Waals surface area contributed by atoms with Crippen molar-refractivity contribution in [3.63, 3.8) is 0 Å². The second kappa shape index (κ2) is 6.39. The smallest absolute Gasteiger partial charge is 0.311 e. The second-order valence-corrected chi connectivity index (χ2v) is 3.39. The van der Waals surface area contributed by atoms with Crippen molar-refractivity contribution < 1.29 is 28.9 Å². The monoisotopic (exact) mass is 254 g/mol. The molecule has 0 spiro atoms. The van der Waals surface area contributed by atoms with Crippen molar-refractivity contribution in [2.75, 3.05) is 0 Å². The summed E-state index contributed by atoms with van der Waals surface area (Å²) < 4.78 is 17.8. The van der Waals surface area contributed by atoms with Crippen molar-refractivity contribution in [2.45, 2.75) is 12.8 Å². The molecule has 0 aliphatic rings. The molecule has 96 valence electrons.